The molecule has 1 fully saturated rings. The number of carbonyl (C=O) groups excluding carboxylic acids is 1. The molecule has 1 aromatic heterocycles. The monoisotopic (exact) mass is 190 g/mol. The summed E-state index contributed by atoms with van der Waals surface area (Å²) in [4.78, 5) is 12.2. The average Bonchev–Trinajstić information content (AvgIpc) is 2.85. The van der Waals surface area contributed by atoms with Crippen LogP contribution in [0.4, 0.5) is 0 Å². The van der Waals surface area contributed by atoms with Crippen molar-refractivity contribution in [3.63, 3.8) is 0 Å². The number of ketones is 1. The predicted molar refractivity (Wildman–Crippen MR) is 52.3 cm³/mol. The van der Waals surface area contributed by atoms with E-state index in [4.69, 9.17) is 0 Å². The highest BCUT2D eigenvalue weighted by Gasteiger charge is 2.52. The fourth-order valence-corrected chi connectivity index (χ4v) is 2.50. The third-order valence-corrected chi connectivity index (χ3v) is 3.67. The first-order chi connectivity index (χ1) is 6.77. The van der Waals surface area contributed by atoms with Crippen molar-refractivity contribution in [1.82, 2.24) is 10.2 Å². The summed E-state index contributed by atoms with van der Waals surface area (Å²) in [7, 11) is 0. The minimum Gasteiger partial charge on any atom is -0.293 e. The molecule has 1 heterocycles. The summed E-state index contributed by atoms with van der Waals surface area (Å²) in [5.74, 6) is 0.365. The van der Waals surface area contributed by atoms with Gasteiger partial charge in [0.1, 0.15) is 0 Å². The Kier molecular flexibility index (Phi) is 1.45. The lowest BCUT2D eigenvalue weighted by Gasteiger charge is -2.19. The second-order valence-electron chi connectivity index (χ2n) is 4.49. The Morgan fingerprint density at radius 1 is 1.43 bits per heavy atom. The molecule has 0 unspecified atom stereocenters. The van der Waals surface area contributed by atoms with E-state index in [0.717, 1.165) is 49.1 Å². The largest absolute Gasteiger partial charge is 0.293 e. The van der Waals surface area contributed by atoms with Crippen molar-refractivity contribution >= 4 is 5.78 Å². The SMILES string of the molecule is CCc1n[nH]c2c1C(=O)C1(CC2)CC1. The van der Waals surface area contributed by atoms with Crippen LogP contribution in [-0.2, 0) is 12.8 Å². The average molecular weight is 190 g/mol. The molecule has 0 saturated heterocycles. The van der Waals surface area contributed by atoms with Crippen LogP contribution in [0.1, 0.15) is 47.9 Å². The third kappa shape index (κ3) is 0.873. The van der Waals surface area contributed by atoms with Crippen LogP contribution in [0.5, 0.6) is 0 Å². The van der Waals surface area contributed by atoms with Crippen LogP contribution in [0.15, 0.2) is 0 Å². The second-order valence-corrected chi connectivity index (χ2v) is 4.49. The van der Waals surface area contributed by atoms with Gasteiger partial charge in [-0.2, -0.15) is 5.10 Å². The van der Waals surface area contributed by atoms with Crippen molar-refractivity contribution in [2.45, 2.75) is 39.0 Å². The third-order valence-electron chi connectivity index (χ3n) is 3.67. The van der Waals surface area contributed by atoms with E-state index in [9.17, 15) is 4.79 Å². The number of nitrogens with one attached hydrogen (secondary N) is 1. The van der Waals surface area contributed by atoms with Gasteiger partial charge in [0, 0.05) is 11.1 Å². The van der Waals surface area contributed by atoms with Gasteiger partial charge >= 0.3 is 0 Å². The number of Topliss-reactive ketones (excluding diaryl/α,β-unsaturated/α-hetero) is 1. The van der Waals surface area contributed by atoms with Gasteiger partial charge in [-0.1, -0.05) is 6.92 Å². The molecule has 3 rings (SSSR count). The summed E-state index contributed by atoms with van der Waals surface area (Å²) in [6.07, 6.45) is 5.09. The quantitative estimate of drug-likeness (QED) is 0.735. The van der Waals surface area contributed by atoms with Crippen molar-refractivity contribution in [2.75, 3.05) is 0 Å². The molecule has 2 aliphatic carbocycles. The summed E-state index contributed by atoms with van der Waals surface area (Å²) in [6, 6.07) is 0. The predicted octanol–water partition coefficient (Wildman–Crippen LogP) is 1.88. The zero-order valence-corrected chi connectivity index (χ0v) is 8.39. The van der Waals surface area contributed by atoms with Crippen LogP contribution in [0, 0.1) is 5.41 Å². The van der Waals surface area contributed by atoms with Gasteiger partial charge in [0.15, 0.2) is 5.78 Å². The van der Waals surface area contributed by atoms with Gasteiger partial charge in [0.25, 0.3) is 0 Å². The van der Waals surface area contributed by atoms with Crippen LogP contribution in [0.2, 0.25) is 0 Å². The fraction of sp³-hybridized carbons (Fsp3) is 0.636. The van der Waals surface area contributed by atoms with E-state index < -0.39 is 0 Å². The number of aryl methyl sites for hydroxylation is 2. The molecule has 0 bridgehead atoms. The first-order valence-electron chi connectivity index (χ1n) is 5.38. The molecular weight excluding hydrogens is 176 g/mol. The van der Waals surface area contributed by atoms with Crippen LogP contribution in [0.3, 0.4) is 0 Å². The summed E-state index contributed by atoms with van der Waals surface area (Å²) in [5.41, 5.74) is 3.01. The van der Waals surface area contributed by atoms with Crippen LogP contribution in [-0.4, -0.2) is 16.0 Å². The lowest BCUT2D eigenvalue weighted by molar-refractivity contribution is 0.0879. The number of carbonyl (C=O) groups is 1. The number of H-pyrrole nitrogens is 1. The number of aromatic nitrogens is 2. The maximum atomic E-state index is 12.2. The molecule has 0 atom stereocenters. The Morgan fingerprint density at radius 2 is 2.21 bits per heavy atom. The Morgan fingerprint density at radius 3 is 2.86 bits per heavy atom. The summed E-state index contributed by atoms with van der Waals surface area (Å²) in [5, 5.41) is 7.22. The fourth-order valence-electron chi connectivity index (χ4n) is 2.50. The topological polar surface area (TPSA) is 45.8 Å². The maximum absolute atomic E-state index is 12.2. The first-order valence-corrected chi connectivity index (χ1v) is 5.38. The van der Waals surface area contributed by atoms with E-state index >= 15 is 0 Å². The van der Waals surface area contributed by atoms with Crippen molar-refractivity contribution in [3.05, 3.63) is 17.0 Å². The van der Waals surface area contributed by atoms with Gasteiger partial charge in [-0.15, -0.1) is 0 Å². The minimum absolute atomic E-state index is 0.0425. The molecule has 1 saturated carbocycles. The van der Waals surface area contributed by atoms with Crippen molar-refractivity contribution in [1.29, 1.82) is 0 Å². The van der Waals surface area contributed by atoms with Crippen LogP contribution >= 0.6 is 0 Å². The zero-order valence-electron chi connectivity index (χ0n) is 8.39. The van der Waals surface area contributed by atoms with Crippen molar-refractivity contribution in [3.8, 4) is 0 Å². The Bertz CT molecular complexity index is 388. The molecular formula is C11H14N2O. The second kappa shape index (κ2) is 2.47. The van der Waals surface area contributed by atoms with E-state index in [-0.39, 0.29) is 5.41 Å². The van der Waals surface area contributed by atoms with Gasteiger partial charge in [0.05, 0.1) is 11.3 Å². The van der Waals surface area contributed by atoms with Gasteiger partial charge < -0.3 is 0 Å². The van der Waals surface area contributed by atoms with Gasteiger partial charge in [-0.3, -0.25) is 9.89 Å². The molecule has 0 aromatic carbocycles. The summed E-state index contributed by atoms with van der Waals surface area (Å²) >= 11 is 0. The standard InChI is InChI=1S/C11H14N2O/c1-2-7-9-8(13-12-7)3-4-11(5-6-11)10(9)14/h2-6H2,1H3,(H,12,13). The lowest BCUT2D eigenvalue weighted by atomic mass is 9.82. The normalized spacial score (nSPS) is 22.5. The van der Waals surface area contributed by atoms with Gasteiger partial charge in [-0.05, 0) is 32.1 Å². The highest BCUT2D eigenvalue weighted by Crippen LogP contribution is 2.54. The summed E-state index contributed by atoms with van der Waals surface area (Å²) < 4.78 is 0. The number of fused-ring (bicyclic) bond motifs is 1. The van der Waals surface area contributed by atoms with E-state index in [1.807, 2.05) is 0 Å². The molecule has 14 heavy (non-hydrogen) atoms. The highest BCUT2D eigenvalue weighted by molar-refractivity contribution is 6.05. The van der Waals surface area contributed by atoms with Gasteiger partial charge in [-0.25, -0.2) is 0 Å². The van der Waals surface area contributed by atoms with E-state index in [1.54, 1.807) is 0 Å². The summed E-state index contributed by atoms with van der Waals surface area (Å²) in [6.45, 7) is 2.05. The number of aromatic amines is 1. The number of hydrogen-bond donors (Lipinski definition) is 1. The molecule has 3 heteroatoms. The Balaban J connectivity index is 2.12. The molecule has 0 amide bonds. The van der Waals surface area contributed by atoms with Crippen molar-refractivity contribution < 1.29 is 4.79 Å². The Labute approximate surface area is 82.9 Å². The van der Waals surface area contributed by atoms with E-state index in [2.05, 4.69) is 17.1 Å². The highest BCUT2D eigenvalue weighted by atomic mass is 16.1. The molecule has 74 valence electrons. The van der Waals surface area contributed by atoms with E-state index in [1.165, 1.54) is 0 Å². The molecule has 2 aliphatic rings. The molecule has 1 N–H and O–H groups in total. The molecule has 0 radical (unpaired) electrons. The smallest absolute Gasteiger partial charge is 0.172 e. The van der Waals surface area contributed by atoms with E-state index in [0.29, 0.717) is 5.78 Å². The zero-order chi connectivity index (χ0) is 9.76. The lowest BCUT2D eigenvalue weighted by Crippen LogP contribution is -2.24. The molecule has 1 aromatic rings. The molecule has 3 nitrogen and oxygen atoms in total. The number of rotatable bonds is 1. The molecule has 0 aliphatic heterocycles. The molecule has 1 spiro atoms. The number of nitrogens with zero attached hydrogens (tertiary/aromatic N) is 1. The first kappa shape index (κ1) is 8.21. The maximum Gasteiger partial charge on any atom is 0.172 e. The van der Waals surface area contributed by atoms with Gasteiger partial charge in [0.2, 0.25) is 0 Å². The number of hydrogen-bond acceptors (Lipinski definition) is 2. The van der Waals surface area contributed by atoms with Crippen LogP contribution in [0.25, 0.3) is 0 Å². The minimum atomic E-state index is 0.0425. The van der Waals surface area contributed by atoms with Crippen molar-refractivity contribution in [2.24, 2.45) is 5.41 Å². The Hall–Kier alpha value is -1.12. The van der Waals surface area contributed by atoms with Crippen LogP contribution < -0.4 is 0 Å².